The first-order valence-electron chi connectivity index (χ1n) is 6.74. The fourth-order valence-electron chi connectivity index (χ4n) is 2.43. The third-order valence-electron chi connectivity index (χ3n) is 3.40. The minimum atomic E-state index is 0.118. The number of hydrogen-bond donors (Lipinski definition) is 2. The summed E-state index contributed by atoms with van der Waals surface area (Å²) in [6.45, 7) is 5.80. The van der Waals surface area contributed by atoms with Crippen molar-refractivity contribution < 1.29 is 9.53 Å². The lowest BCUT2D eigenvalue weighted by atomic mass is 9.79. The fourth-order valence-corrected chi connectivity index (χ4v) is 2.43. The van der Waals surface area contributed by atoms with Gasteiger partial charge in [-0.3, -0.25) is 4.79 Å². The molecule has 1 saturated carbocycles. The van der Waals surface area contributed by atoms with Gasteiger partial charge in [0.25, 0.3) is 0 Å². The predicted octanol–water partition coefficient (Wildman–Crippen LogP) is 1.29. The topological polar surface area (TPSA) is 64.3 Å². The molecule has 1 rings (SSSR count). The van der Waals surface area contributed by atoms with E-state index in [1.165, 1.54) is 6.42 Å². The average molecular weight is 242 g/mol. The fraction of sp³-hybridized carbons (Fsp3) is 0.923. The Morgan fingerprint density at radius 1 is 1.41 bits per heavy atom. The number of amides is 1. The maximum Gasteiger partial charge on any atom is 0.223 e. The van der Waals surface area contributed by atoms with Gasteiger partial charge in [-0.05, 0) is 39.2 Å². The minimum absolute atomic E-state index is 0.118. The molecule has 1 amide bonds. The van der Waals surface area contributed by atoms with Crippen molar-refractivity contribution in [3.8, 4) is 0 Å². The summed E-state index contributed by atoms with van der Waals surface area (Å²) in [6.07, 6.45) is 4.66. The summed E-state index contributed by atoms with van der Waals surface area (Å²) in [7, 11) is 0. The van der Waals surface area contributed by atoms with Crippen molar-refractivity contribution in [1.82, 2.24) is 5.32 Å². The molecule has 4 nitrogen and oxygen atoms in total. The highest BCUT2D eigenvalue weighted by Gasteiger charge is 2.29. The van der Waals surface area contributed by atoms with Crippen LogP contribution in [0.3, 0.4) is 0 Å². The van der Waals surface area contributed by atoms with Gasteiger partial charge in [-0.2, -0.15) is 0 Å². The zero-order chi connectivity index (χ0) is 12.7. The van der Waals surface area contributed by atoms with E-state index < -0.39 is 0 Å². The maximum absolute atomic E-state index is 12.0. The molecule has 3 N–H and O–H groups in total. The predicted molar refractivity (Wildman–Crippen MR) is 68.6 cm³/mol. The van der Waals surface area contributed by atoms with Crippen LogP contribution in [0.5, 0.6) is 0 Å². The molecule has 17 heavy (non-hydrogen) atoms. The molecule has 1 fully saturated rings. The van der Waals surface area contributed by atoms with Crippen LogP contribution < -0.4 is 11.1 Å². The lowest BCUT2D eigenvalue weighted by Gasteiger charge is -2.29. The minimum Gasteiger partial charge on any atom is -0.377 e. The molecule has 2 atom stereocenters. The van der Waals surface area contributed by atoms with Crippen LogP contribution in [0.2, 0.25) is 0 Å². The number of nitrogens with two attached hydrogens (primary N) is 1. The Kier molecular flexibility index (Phi) is 6.52. The average Bonchev–Trinajstić information content (AvgIpc) is 2.34. The molecule has 0 aromatic heterocycles. The van der Waals surface area contributed by atoms with E-state index in [1.807, 2.05) is 13.8 Å². The number of nitrogens with one attached hydrogen (secondary N) is 1. The summed E-state index contributed by atoms with van der Waals surface area (Å²) >= 11 is 0. The second-order valence-corrected chi connectivity index (χ2v) is 5.10. The lowest BCUT2D eigenvalue weighted by Crippen LogP contribution is -2.40. The van der Waals surface area contributed by atoms with E-state index in [-0.39, 0.29) is 17.9 Å². The van der Waals surface area contributed by atoms with Gasteiger partial charge in [0.15, 0.2) is 0 Å². The highest BCUT2D eigenvalue weighted by molar-refractivity contribution is 5.79. The van der Waals surface area contributed by atoms with Crippen molar-refractivity contribution in [2.45, 2.75) is 45.6 Å². The molecular formula is C13H26N2O2. The Balaban J connectivity index is 2.25. The molecule has 0 aromatic rings. The van der Waals surface area contributed by atoms with Gasteiger partial charge in [0.05, 0.1) is 12.7 Å². The van der Waals surface area contributed by atoms with Crippen molar-refractivity contribution in [3.63, 3.8) is 0 Å². The van der Waals surface area contributed by atoms with E-state index in [9.17, 15) is 4.79 Å². The maximum atomic E-state index is 12.0. The summed E-state index contributed by atoms with van der Waals surface area (Å²) in [5.74, 6) is 0.648. The number of rotatable bonds is 6. The Morgan fingerprint density at radius 2 is 2.12 bits per heavy atom. The molecule has 0 aliphatic heterocycles. The monoisotopic (exact) mass is 242 g/mol. The Labute approximate surface area is 104 Å². The van der Waals surface area contributed by atoms with Crippen molar-refractivity contribution in [2.75, 3.05) is 19.7 Å². The van der Waals surface area contributed by atoms with Gasteiger partial charge >= 0.3 is 0 Å². The summed E-state index contributed by atoms with van der Waals surface area (Å²) < 4.78 is 5.39. The first kappa shape index (κ1) is 14.5. The smallest absolute Gasteiger partial charge is 0.223 e. The highest BCUT2D eigenvalue weighted by Crippen LogP contribution is 2.29. The second kappa shape index (κ2) is 7.67. The van der Waals surface area contributed by atoms with E-state index in [0.717, 1.165) is 19.3 Å². The standard InChI is InChI=1S/C13H26N2O2/c1-10(2)17-8-7-15-13(16)12-6-4-3-5-11(12)9-14/h10-12H,3-9,14H2,1-2H3,(H,15,16). The number of carbonyl (C=O) groups excluding carboxylic acids is 1. The molecule has 0 heterocycles. The summed E-state index contributed by atoms with van der Waals surface area (Å²) in [4.78, 5) is 12.0. The van der Waals surface area contributed by atoms with Crippen molar-refractivity contribution in [1.29, 1.82) is 0 Å². The third-order valence-corrected chi connectivity index (χ3v) is 3.40. The van der Waals surface area contributed by atoms with Crippen LogP contribution in [0.4, 0.5) is 0 Å². The van der Waals surface area contributed by atoms with Crippen LogP contribution in [0, 0.1) is 11.8 Å². The van der Waals surface area contributed by atoms with Crippen molar-refractivity contribution >= 4 is 5.91 Å². The third kappa shape index (κ3) is 5.04. The lowest BCUT2D eigenvalue weighted by molar-refractivity contribution is -0.128. The van der Waals surface area contributed by atoms with Crippen molar-refractivity contribution in [3.05, 3.63) is 0 Å². The normalized spacial score (nSPS) is 24.9. The second-order valence-electron chi connectivity index (χ2n) is 5.10. The first-order chi connectivity index (χ1) is 8.15. The van der Waals surface area contributed by atoms with Crippen LogP contribution >= 0.6 is 0 Å². The molecule has 1 aliphatic rings. The first-order valence-corrected chi connectivity index (χ1v) is 6.74. The molecule has 2 unspecified atom stereocenters. The van der Waals surface area contributed by atoms with Crippen LogP contribution in [0.1, 0.15) is 39.5 Å². The zero-order valence-electron chi connectivity index (χ0n) is 11.1. The molecule has 1 aliphatic carbocycles. The summed E-state index contributed by atoms with van der Waals surface area (Å²) in [5.41, 5.74) is 5.72. The molecule has 0 spiro atoms. The summed E-state index contributed by atoms with van der Waals surface area (Å²) in [6, 6.07) is 0. The van der Waals surface area contributed by atoms with Gasteiger partial charge in [-0.15, -0.1) is 0 Å². The van der Waals surface area contributed by atoms with E-state index in [4.69, 9.17) is 10.5 Å². The van der Waals surface area contributed by atoms with Crippen LogP contribution in [0.25, 0.3) is 0 Å². The largest absolute Gasteiger partial charge is 0.377 e. The number of ether oxygens (including phenoxy) is 1. The van der Waals surface area contributed by atoms with Crippen LogP contribution in [-0.2, 0) is 9.53 Å². The molecule has 0 saturated heterocycles. The number of hydrogen-bond acceptors (Lipinski definition) is 3. The SMILES string of the molecule is CC(C)OCCNC(=O)C1CCCCC1CN. The van der Waals surface area contributed by atoms with Gasteiger partial charge < -0.3 is 15.8 Å². The Hall–Kier alpha value is -0.610. The molecule has 4 heteroatoms. The molecular weight excluding hydrogens is 216 g/mol. The quantitative estimate of drug-likeness (QED) is 0.690. The van der Waals surface area contributed by atoms with E-state index in [1.54, 1.807) is 0 Å². The zero-order valence-corrected chi connectivity index (χ0v) is 11.1. The van der Waals surface area contributed by atoms with Gasteiger partial charge in [-0.1, -0.05) is 12.8 Å². The van der Waals surface area contributed by atoms with Crippen LogP contribution in [-0.4, -0.2) is 31.7 Å². The highest BCUT2D eigenvalue weighted by atomic mass is 16.5. The Bertz CT molecular complexity index is 231. The summed E-state index contributed by atoms with van der Waals surface area (Å²) in [5, 5.41) is 2.95. The van der Waals surface area contributed by atoms with Gasteiger partial charge in [0, 0.05) is 12.5 Å². The molecule has 0 bridgehead atoms. The van der Waals surface area contributed by atoms with Gasteiger partial charge in [-0.25, -0.2) is 0 Å². The Morgan fingerprint density at radius 3 is 2.76 bits per heavy atom. The van der Waals surface area contributed by atoms with Crippen molar-refractivity contribution in [2.24, 2.45) is 17.6 Å². The molecule has 100 valence electrons. The van der Waals surface area contributed by atoms with Gasteiger partial charge in [0.1, 0.15) is 0 Å². The molecule has 0 radical (unpaired) electrons. The van der Waals surface area contributed by atoms with E-state index >= 15 is 0 Å². The van der Waals surface area contributed by atoms with Crippen LogP contribution in [0.15, 0.2) is 0 Å². The van der Waals surface area contributed by atoms with E-state index in [2.05, 4.69) is 5.32 Å². The van der Waals surface area contributed by atoms with E-state index in [0.29, 0.717) is 25.6 Å². The molecule has 0 aromatic carbocycles. The van der Waals surface area contributed by atoms with Gasteiger partial charge in [0.2, 0.25) is 5.91 Å². The number of carbonyl (C=O) groups is 1.